The maximum absolute atomic E-state index is 12.8. The second-order valence-electron chi connectivity index (χ2n) is 7.18. The van der Waals surface area contributed by atoms with E-state index in [1.165, 1.54) is 0 Å². The third-order valence-electron chi connectivity index (χ3n) is 4.84. The van der Waals surface area contributed by atoms with Gasteiger partial charge in [-0.05, 0) is 31.2 Å². The topological polar surface area (TPSA) is 104 Å². The number of rotatable bonds is 10. The van der Waals surface area contributed by atoms with Crippen molar-refractivity contribution >= 4 is 24.0 Å². The summed E-state index contributed by atoms with van der Waals surface area (Å²) < 4.78 is 0. The minimum Gasteiger partial charge on any atom is -0.356 e. The first-order valence-electron chi connectivity index (χ1n) is 9.90. The summed E-state index contributed by atoms with van der Waals surface area (Å²) in [5.74, 6) is -0.981. The maximum Gasteiger partial charge on any atom is 0.243 e. The Balaban J connectivity index is 2.02. The monoisotopic (exact) mass is 387 g/mol. The fourth-order valence-electron chi connectivity index (χ4n) is 3.35. The van der Waals surface area contributed by atoms with Gasteiger partial charge in [-0.1, -0.05) is 37.3 Å². The summed E-state index contributed by atoms with van der Waals surface area (Å²) in [5, 5.41) is 8.25. The summed E-state index contributed by atoms with van der Waals surface area (Å²) in [4.78, 5) is 48.3. The molecule has 3 amide bonds. The summed E-state index contributed by atoms with van der Waals surface area (Å²) in [5.41, 5.74) is 0.911. The molecule has 1 saturated heterocycles. The fourth-order valence-corrected chi connectivity index (χ4v) is 3.35. The first-order chi connectivity index (χ1) is 13.5. The zero-order valence-corrected chi connectivity index (χ0v) is 16.3. The lowest BCUT2D eigenvalue weighted by atomic mass is 9.92. The molecule has 0 saturated carbocycles. The van der Waals surface area contributed by atoms with Crippen molar-refractivity contribution in [3.63, 3.8) is 0 Å². The van der Waals surface area contributed by atoms with E-state index in [-0.39, 0.29) is 24.2 Å². The van der Waals surface area contributed by atoms with Gasteiger partial charge in [-0.3, -0.25) is 14.4 Å². The van der Waals surface area contributed by atoms with E-state index in [0.29, 0.717) is 38.5 Å². The van der Waals surface area contributed by atoms with Crippen LogP contribution < -0.4 is 16.0 Å². The average Bonchev–Trinajstić information content (AvgIpc) is 2.69. The van der Waals surface area contributed by atoms with Gasteiger partial charge in [0.05, 0.1) is 6.04 Å². The van der Waals surface area contributed by atoms with Crippen molar-refractivity contribution < 1.29 is 19.2 Å². The van der Waals surface area contributed by atoms with E-state index in [0.717, 1.165) is 12.0 Å². The van der Waals surface area contributed by atoms with Crippen LogP contribution in [0.4, 0.5) is 0 Å². The van der Waals surface area contributed by atoms with Crippen LogP contribution in [0, 0.1) is 5.92 Å². The lowest BCUT2D eigenvalue weighted by Crippen LogP contribution is -2.52. The molecule has 0 aromatic heterocycles. The number of aldehydes is 1. The average molecular weight is 387 g/mol. The van der Waals surface area contributed by atoms with E-state index in [1.54, 1.807) is 0 Å². The van der Waals surface area contributed by atoms with E-state index >= 15 is 0 Å². The van der Waals surface area contributed by atoms with Crippen LogP contribution in [-0.4, -0.2) is 42.6 Å². The van der Waals surface area contributed by atoms with Crippen LogP contribution in [0.3, 0.4) is 0 Å². The van der Waals surface area contributed by atoms with Crippen LogP contribution in [0.25, 0.3) is 0 Å². The van der Waals surface area contributed by atoms with Gasteiger partial charge in [-0.25, -0.2) is 0 Å². The smallest absolute Gasteiger partial charge is 0.243 e. The summed E-state index contributed by atoms with van der Waals surface area (Å²) in [6.07, 6.45) is 3.83. The van der Waals surface area contributed by atoms with Gasteiger partial charge in [-0.15, -0.1) is 0 Å². The molecule has 7 heteroatoms. The van der Waals surface area contributed by atoms with Crippen molar-refractivity contribution in [2.24, 2.45) is 5.92 Å². The number of hydrogen-bond donors (Lipinski definition) is 3. The molecule has 1 aliphatic heterocycles. The SMILES string of the molecule is CCCC(=O)N[C@@H](Cc1ccccc1)C(=O)N[C@H](C=O)C[C@@H]1CCCNC1=O. The van der Waals surface area contributed by atoms with Crippen molar-refractivity contribution in [3.05, 3.63) is 35.9 Å². The molecular weight excluding hydrogens is 358 g/mol. The molecule has 7 nitrogen and oxygen atoms in total. The Morgan fingerprint density at radius 1 is 1.25 bits per heavy atom. The Morgan fingerprint density at radius 3 is 2.64 bits per heavy atom. The molecule has 28 heavy (non-hydrogen) atoms. The molecule has 152 valence electrons. The molecule has 1 aromatic carbocycles. The highest BCUT2D eigenvalue weighted by molar-refractivity contribution is 5.89. The number of carbonyl (C=O) groups excluding carboxylic acids is 4. The molecule has 1 aromatic rings. The minimum absolute atomic E-state index is 0.0792. The van der Waals surface area contributed by atoms with Crippen LogP contribution in [0.15, 0.2) is 30.3 Å². The maximum atomic E-state index is 12.8. The standard InChI is InChI=1S/C21H29N3O4/c1-2-7-19(26)24-18(12-15-8-4-3-5-9-15)21(28)23-17(14-25)13-16-10-6-11-22-20(16)27/h3-5,8-9,14,16-18H,2,6-7,10-13H2,1H3,(H,22,27)(H,23,28)(H,24,26)/t16-,17-,18-/m0/s1. The minimum atomic E-state index is -0.774. The van der Waals surface area contributed by atoms with Gasteiger partial charge in [0.25, 0.3) is 0 Å². The van der Waals surface area contributed by atoms with Crippen molar-refractivity contribution in [3.8, 4) is 0 Å². The summed E-state index contributed by atoms with van der Waals surface area (Å²) in [7, 11) is 0. The van der Waals surface area contributed by atoms with E-state index < -0.39 is 18.0 Å². The molecule has 1 aliphatic rings. The number of carbonyl (C=O) groups is 4. The molecule has 0 radical (unpaired) electrons. The van der Waals surface area contributed by atoms with Crippen LogP contribution in [0.2, 0.25) is 0 Å². The molecule has 1 fully saturated rings. The van der Waals surface area contributed by atoms with E-state index in [4.69, 9.17) is 0 Å². The zero-order chi connectivity index (χ0) is 20.4. The molecular formula is C21H29N3O4. The first-order valence-corrected chi connectivity index (χ1v) is 9.90. The fraction of sp³-hybridized carbons (Fsp3) is 0.524. The normalized spacial score (nSPS) is 18.5. The highest BCUT2D eigenvalue weighted by Crippen LogP contribution is 2.17. The number of benzene rings is 1. The largest absolute Gasteiger partial charge is 0.356 e. The molecule has 0 unspecified atom stereocenters. The Hall–Kier alpha value is -2.70. The highest BCUT2D eigenvalue weighted by atomic mass is 16.2. The van der Waals surface area contributed by atoms with Gasteiger partial charge in [0.2, 0.25) is 17.7 Å². The predicted molar refractivity (Wildman–Crippen MR) is 105 cm³/mol. The summed E-state index contributed by atoms with van der Waals surface area (Å²) >= 11 is 0. The third kappa shape index (κ3) is 6.79. The molecule has 3 N–H and O–H groups in total. The molecule has 0 bridgehead atoms. The number of amides is 3. The van der Waals surface area contributed by atoms with Crippen LogP contribution >= 0.6 is 0 Å². The lowest BCUT2D eigenvalue weighted by Gasteiger charge is -2.26. The third-order valence-corrected chi connectivity index (χ3v) is 4.84. The number of nitrogens with one attached hydrogen (secondary N) is 3. The van der Waals surface area contributed by atoms with E-state index in [1.807, 2.05) is 37.3 Å². The van der Waals surface area contributed by atoms with Gasteiger partial charge in [0.1, 0.15) is 12.3 Å². The van der Waals surface area contributed by atoms with E-state index in [9.17, 15) is 19.2 Å². The second kappa shape index (κ2) is 11.2. The van der Waals surface area contributed by atoms with Gasteiger partial charge in [0.15, 0.2) is 0 Å². The Kier molecular flexibility index (Phi) is 8.65. The van der Waals surface area contributed by atoms with Crippen LogP contribution in [0.5, 0.6) is 0 Å². The van der Waals surface area contributed by atoms with Crippen LogP contribution in [-0.2, 0) is 25.6 Å². The Labute approximate surface area is 165 Å². The lowest BCUT2D eigenvalue weighted by molar-refractivity contribution is -0.131. The van der Waals surface area contributed by atoms with Gasteiger partial charge >= 0.3 is 0 Å². The first kappa shape index (κ1) is 21.6. The second-order valence-corrected chi connectivity index (χ2v) is 7.18. The Bertz CT molecular complexity index is 677. The highest BCUT2D eigenvalue weighted by Gasteiger charge is 2.28. The quantitative estimate of drug-likeness (QED) is 0.523. The molecule has 3 atom stereocenters. The van der Waals surface area contributed by atoms with Crippen molar-refractivity contribution in [2.45, 2.75) is 57.5 Å². The summed E-state index contributed by atoms with van der Waals surface area (Å²) in [6, 6.07) is 7.85. The van der Waals surface area contributed by atoms with Crippen molar-refractivity contribution in [1.82, 2.24) is 16.0 Å². The number of piperidine rings is 1. The van der Waals surface area contributed by atoms with Crippen molar-refractivity contribution in [2.75, 3.05) is 6.54 Å². The number of hydrogen-bond acceptors (Lipinski definition) is 4. The van der Waals surface area contributed by atoms with E-state index in [2.05, 4.69) is 16.0 Å². The van der Waals surface area contributed by atoms with Gasteiger partial charge in [-0.2, -0.15) is 0 Å². The van der Waals surface area contributed by atoms with Gasteiger partial charge < -0.3 is 20.7 Å². The van der Waals surface area contributed by atoms with Gasteiger partial charge in [0, 0.05) is 25.3 Å². The molecule has 0 aliphatic carbocycles. The molecule has 1 heterocycles. The Morgan fingerprint density at radius 2 is 2.00 bits per heavy atom. The zero-order valence-electron chi connectivity index (χ0n) is 16.3. The van der Waals surface area contributed by atoms with Crippen LogP contribution in [0.1, 0.15) is 44.6 Å². The molecule has 0 spiro atoms. The summed E-state index contributed by atoms with van der Waals surface area (Å²) in [6.45, 7) is 2.54. The molecule has 2 rings (SSSR count). The van der Waals surface area contributed by atoms with Crippen molar-refractivity contribution in [1.29, 1.82) is 0 Å². The predicted octanol–water partition coefficient (Wildman–Crippen LogP) is 1.11.